The number of rotatable bonds is 5. The van der Waals surface area contributed by atoms with Crippen LogP contribution in [0.4, 0.5) is 13.2 Å². The quantitative estimate of drug-likeness (QED) is 0.562. The molecule has 6 rings (SSSR count). The van der Waals surface area contributed by atoms with Crippen LogP contribution in [-0.4, -0.2) is 41.4 Å². The Labute approximate surface area is 200 Å². The number of ether oxygens (including phenoxy) is 4. The van der Waals surface area contributed by atoms with Crippen LogP contribution in [-0.2, 0) is 30.6 Å². The van der Waals surface area contributed by atoms with Gasteiger partial charge in [0, 0.05) is 18.3 Å². The summed E-state index contributed by atoms with van der Waals surface area (Å²) in [6.45, 7) is 5.93. The highest BCUT2D eigenvalue weighted by Gasteiger charge is 2.69. The standard InChI is InChI=1S/C24H29F3O8/c1-12-4-7-17-13(2)20(31-21-23(17)16(12)8-9-22(3,33-21)34-35-23)30-11-14-5-6-15(19(28)29)18(10-14)32-24(25,26)27/h5-6,10,12-13,16-17,20-21H,4,7-9,11H2,1-3H3,(H,28,29)/t12-,13-,16+,17+,20+,21-,22-,23-/m1/s1. The van der Waals surface area contributed by atoms with Crippen LogP contribution in [0.15, 0.2) is 18.2 Å². The molecule has 8 atom stereocenters. The lowest BCUT2D eigenvalue weighted by molar-refractivity contribution is -0.577. The van der Waals surface area contributed by atoms with Crippen LogP contribution >= 0.6 is 0 Å². The smallest absolute Gasteiger partial charge is 0.478 e. The van der Waals surface area contributed by atoms with Gasteiger partial charge < -0.3 is 24.1 Å². The van der Waals surface area contributed by atoms with Crippen molar-refractivity contribution in [3.05, 3.63) is 29.3 Å². The minimum Gasteiger partial charge on any atom is -0.478 e. The second kappa shape index (κ2) is 8.58. The van der Waals surface area contributed by atoms with Crippen molar-refractivity contribution in [1.82, 2.24) is 0 Å². The number of hydrogen-bond acceptors (Lipinski definition) is 7. The molecule has 0 amide bonds. The summed E-state index contributed by atoms with van der Waals surface area (Å²) in [7, 11) is 0. The Bertz CT molecular complexity index is 986. The van der Waals surface area contributed by atoms with E-state index in [0.29, 0.717) is 17.9 Å². The number of carbonyl (C=O) groups is 1. The second-order valence-electron chi connectivity index (χ2n) is 10.3. The zero-order valence-corrected chi connectivity index (χ0v) is 19.7. The highest BCUT2D eigenvalue weighted by Crippen LogP contribution is 2.60. The maximum atomic E-state index is 12.8. The van der Waals surface area contributed by atoms with Crippen molar-refractivity contribution in [2.75, 3.05) is 0 Å². The van der Waals surface area contributed by atoms with E-state index in [1.54, 1.807) is 0 Å². The molecular weight excluding hydrogens is 473 g/mol. The van der Waals surface area contributed by atoms with Crippen LogP contribution in [0.1, 0.15) is 62.4 Å². The molecule has 1 N–H and O–H groups in total. The Hall–Kier alpha value is -1.92. The highest BCUT2D eigenvalue weighted by molar-refractivity contribution is 5.91. The Morgan fingerprint density at radius 1 is 1.17 bits per heavy atom. The maximum Gasteiger partial charge on any atom is 0.573 e. The van der Waals surface area contributed by atoms with Gasteiger partial charge in [-0.05, 0) is 55.7 Å². The Balaban J connectivity index is 1.37. The zero-order valence-electron chi connectivity index (χ0n) is 19.7. The first-order valence-electron chi connectivity index (χ1n) is 11.9. The summed E-state index contributed by atoms with van der Waals surface area (Å²) >= 11 is 0. The first-order valence-corrected chi connectivity index (χ1v) is 11.9. The minimum atomic E-state index is -5.03. The van der Waals surface area contributed by atoms with Gasteiger partial charge in [-0.3, -0.25) is 0 Å². The van der Waals surface area contributed by atoms with E-state index in [1.807, 2.05) is 13.8 Å². The molecule has 1 aromatic rings. The minimum absolute atomic E-state index is 0.0358. The number of aromatic carboxylic acids is 1. The summed E-state index contributed by atoms with van der Waals surface area (Å²) in [6.07, 6.45) is -2.97. The van der Waals surface area contributed by atoms with Crippen molar-refractivity contribution in [2.24, 2.45) is 23.7 Å². The first-order chi connectivity index (χ1) is 16.4. The molecule has 1 aromatic carbocycles. The molecule has 4 saturated heterocycles. The summed E-state index contributed by atoms with van der Waals surface area (Å²) in [6, 6.07) is 3.48. The fourth-order valence-corrected chi connectivity index (χ4v) is 6.28. The van der Waals surface area contributed by atoms with Gasteiger partial charge in [0.25, 0.3) is 0 Å². The van der Waals surface area contributed by atoms with E-state index in [9.17, 15) is 23.1 Å². The van der Waals surface area contributed by atoms with E-state index in [2.05, 4.69) is 11.7 Å². The Morgan fingerprint density at radius 2 is 1.94 bits per heavy atom. The van der Waals surface area contributed by atoms with E-state index in [4.69, 9.17) is 24.0 Å². The van der Waals surface area contributed by atoms with Crippen LogP contribution in [0.25, 0.3) is 0 Å². The van der Waals surface area contributed by atoms with Crippen LogP contribution in [0, 0.1) is 23.7 Å². The molecule has 4 aliphatic heterocycles. The fraction of sp³-hybridized carbons (Fsp3) is 0.708. The van der Waals surface area contributed by atoms with E-state index >= 15 is 0 Å². The first kappa shape index (κ1) is 24.8. The summed E-state index contributed by atoms with van der Waals surface area (Å²) < 4.78 is 60.9. The van der Waals surface area contributed by atoms with Gasteiger partial charge in [0.1, 0.15) is 11.3 Å². The fourth-order valence-electron chi connectivity index (χ4n) is 6.28. The van der Waals surface area contributed by atoms with E-state index in [1.165, 1.54) is 6.07 Å². The third kappa shape index (κ3) is 4.31. The predicted molar refractivity (Wildman–Crippen MR) is 112 cm³/mol. The van der Waals surface area contributed by atoms with Crippen LogP contribution in [0.3, 0.4) is 0 Å². The van der Waals surface area contributed by atoms with E-state index in [0.717, 1.165) is 31.4 Å². The Morgan fingerprint density at radius 3 is 2.66 bits per heavy atom. The van der Waals surface area contributed by atoms with Crippen molar-refractivity contribution in [3.63, 3.8) is 0 Å². The number of hydrogen-bond donors (Lipinski definition) is 1. The van der Waals surface area contributed by atoms with Gasteiger partial charge >= 0.3 is 12.3 Å². The van der Waals surface area contributed by atoms with Gasteiger partial charge in [-0.2, -0.15) is 0 Å². The summed E-state index contributed by atoms with van der Waals surface area (Å²) in [4.78, 5) is 23.2. The normalized spacial score (nSPS) is 40.6. The molecule has 8 nitrogen and oxygen atoms in total. The molecule has 5 aliphatic rings. The SMILES string of the molecule is C[C@H]1[C@@H](OCc2ccc(C(=O)O)c(OC(F)(F)F)c2)O[C@@H]2O[C@@]3(C)CC[C@H]4[C@H](C)CC[C@@H]1[C@@]24OO3. The van der Waals surface area contributed by atoms with E-state index in [-0.39, 0.29) is 24.4 Å². The third-order valence-electron chi connectivity index (χ3n) is 8.01. The van der Waals surface area contributed by atoms with Crippen molar-refractivity contribution >= 4 is 5.97 Å². The molecule has 11 heteroatoms. The second-order valence-corrected chi connectivity index (χ2v) is 10.3. The maximum absolute atomic E-state index is 12.8. The van der Waals surface area contributed by atoms with Crippen LogP contribution in [0.2, 0.25) is 0 Å². The zero-order chi connectivity index (χ0) is 25.2. The summed E-state index contributed by atoms with van der Waals surface area (Å²) in [5.41, 5.74) is -1.02. The molecule has 2 bridgehead atoms. The van der Waals surface area contributed by atoms with Crippen molar-refractivity contribution in [2.45, 2.75) is 83.4 Å². The van der Waals surface area contributed by atoms with Gasteiger partial charge in [-0.1, -0.05) is 19.9 Å². The lowest BCUT2D eigenvalue weighted by Crippen LogP contribution is -2.70. The molecule has 0 aromatic heterocycles. The monoisotopic (exact) mass is 502 g/mol. The van der Waals surface area contributed by atoms with Crippen molar-refractivity contribution in [1.29, 1.82) is 0 Å². The van der Waals surface area contributed by atoms with Gasteiger partial charge in [0.2, 0.25) is 5.79 Å². The van der Waals surface area contributed by atoms with Crippen LogP contribution < -0.4 is 4.74 Å². The van der Waals surface area contributed by atoms with Crippen LogP contribution in [0.5, 0.6) is 5.75 Å². The number of carboxylic acid groups (broad SMARTS) is 1. The van der Waals surface area contributed by atoms with Crippen molar-refractivity contribution in [3.8, 4) is 5.75 Å². The molecule has 194 valence electrons. The lowest BCUT2D eigenvalue weighted by atomic mass is 9.58. The van der Waals surface area contributed by atoms with Gasteiger partial charge in [-0.25, -0.2) is 14.6 Å². The third-order valence-corrected chi connectivity index (χ3v) is 8.01. The Kier molecular flexibility index (Phi) is 6.07. The molecule has 1 aliphatic carbocycles. The molecule has 0 radical (unpaired) electrons. The van der Waals surface area contributed by atoms with Gasteiger partial charge in [-0.15, -0.1) is 13.2 Å². The molecule has 4 heterocycles. The lowest BCUT2D eigenvalue weighted by Gasteiger charge is -2.60. The van der Waals surface area contributed by atoms with Gasteiger partial charge in [0.05, 0.1) is 6.61 Å². The largest absolute Gasteiger partial charge is 0.573 e. The number of alkyl halides is 3. The molecule has 35 heavy (non-hydrogen) atoms. The highest BCUT2D eigenvalue weighted by atomic mass is 19.4. The number of benzene rings is 1. The molecule has 1 saturated carbocycles. The number of fused-ring (bicyclic) bond motifs is 2. The average Bonchev–Trinajstić information content (AvgIpc) is 3.00. The molecule has 0 unspecified atom stereocenters. The van der Waals surface area contributed by atoms with Gasteiger partial charge in [0.15, 0.2) is 18.2 Å². The number of halogens is 3. The van der Waals surface area contributed by atoms with Crippen molar-refractivity contribution < 1.29 is 51.8 Å². The summed E-state index contributed by atoms with van der Waals surface area (Å²) in [5, 5.41) is 9.19. The topological polar surface area (TPSA) is 92.7 Å². The molecular formula is C24H29F3O8. The predicted octanol–water partition coefficient (Wildman–Crippen LogP) is 5.01. The molecule has 5 fully saturated rings. The average molecular weight is 502 g/mol. The summed E-state index contributed by atoms with van der Waals surface area (Å²) in [5.74, 6) is -2.72. The molecule has 1 spiro atoms. The number of carboxylic acids is 1. The van der Waals surface area contributed by atoms with E-state index < -0.39 is 47.6 Å².